The van der Waals surface area contributed by atoms with Crippen molar-refractivity contribution in [2.45, 2.75) is 49.7 Å². The minimum atomic E-state index is -4.42. The molecule has 1 atom stereocenters. The molecule has 1 aromatic carbocycles. The van der Waals surface area contributed by atoms with Gasteiger partial charge in [0.25, 0.3) is 0 Å². The normalized spacial score (nSPS) is 19.9. The molecule has 0 spiro atoms. The molecule has 1 fully saturated rings. The first kappa shape index (κ1) is 22.0. The molecular formula is C20H20ClF3N4O2S. The SMILES string of the molecule is Cc1nn2cc(S(=O)(=O)N3CCC(c4ccc(C(F)(F)F)cc4)C3(C)C)cnc2c1Cl. The van der Waals surface area contributed by atoms with Crippen LogP contribution >= 0.6 is 11.6 Å². The number of hydrogen-bond acceptors (Lipinski definition) is 4. The van der Waals surface area contributed by atoms with E-state index in [2.05, 4.69) is 10.1 Å². The van der Waals surface area contributed by atoms with Gasteiger partial charge in [0.05, 0.1) is 23.7 Å². The molecule has 1 aliphatic rings. The highest BCUT2D eigenvalue weighted by Gasteiger charge is 2.48. The number of nitrogens with zero attached hydrogens (tertiary/aromatic N) is 4. The first-order valence-electron chi connectivity index (χ1n) is 9.54. The fourth-order valence-corrected chi connectivity index (χ4v) is 6.17. The Hall–Kier alpha value is -2.17. The van der Waals surface area contributed by atoms with E-state index in [0.717, 1.165) is 12.1 Å². The van der Waals surface area contributed by atoms with Crippen molar-refractivity contribution in [2.24, 2.45) is 0 Å². The van der Waals surface area contributed by atoms with Crippen LogP contribution in [0.4, 0.5) is 13.2 Å². The first-order valence-corrected chi connectivity index (χ1v) is 11.4. The summed E-state index contributed by atoms with van der Waals surface area (Å²) in [6.07, 6.45) is -1.31. The molecule has 4 rings (SSSR count). The smallest absolute Gasteiger partial charge is 0.234 e. The maximum absolute atomic E-state index is 13.4. The van der Waals surface area contributed by atoms with Crippen LogP contribution in [0.25, 0.3) is 5.65 Å². The summed E-state index contributed by atoms with van der Waals surface area (Å²) in [5, 5.41) is 4.54. The van der Waals surface area contributed by atoms with Gasteiger partial charge in [0.2, 0.25) is 10.0 Å². The number of aryl methyl sites for hydroxylation is 1. The standard InChI is InChI=1S/C20H20ClF3N4O2S/c1-12-17(21)18-25-10-15(11-27(18)26-12)31(29,30)28-9-8-16(19(28,2)3)13-4-6-14(7-5-13)20(22,23)24/h4-7,10-11,16H,8-9H2,1-3H3. The van der Waals surface area contributed by atoms with E-state index < -0.39 is 27.3 Å². The predicted molar refractivity (Wildman–Crippen MR) is 110 cm³/mol. The van der Waals surface area contributed by atoms with Crippen LogP contribution < -0.4 is 0 Å². The van der Waals surface area contributed by atoms with E-state index in [1.54, 1.807) is 20.8 Å². The number of halogens is 4. The largest absolute Gasteiger partial charge is 0.416 e. The average Bonchev–Trinajstić information content (AvgIpc) is 3.16. The summed E-state index contributed by atoms with van der Waals surface area (Å²) in [6.45, 7) is 5.49. The van der Waals surface area contributed by atoms with Crippen LogP contribution in [0, 0.1) is 6.92 Å². The number of rotatable bonds is 3. The number of hydrogen-bond donors (Lipinski definition) is 0. The molecular weight excluding hydrogens is 453 g/mol. The molecule has 0 aliphatic carbocycles. The van der Waals surface area contributed by atoms with Gasteiger partial charge in [0.1, 0.15) is 9.92 Å². The molecule has 0 bridgehead atoms. The van der Waals surface area contributed by atoms with Crippen LogP contribution in [-0.2, 0) is 16.2 Å². The molecule has 0 saturated carbocycles. The summed E-state index contributed by atoms with van der Waals surface area (Å²) in [5.74, 6) is -0.261. The lowest BCUT2D eigenvalue weighted by molar-refractivity contribution is -0.137. The van der Waals surface area contributed by atoms with Crippen molar-refractivity contribution in [2.75, 3.05) is 6.54 Å². The number of sulfonamides is 1. The van der Waals surface area contributed by atoms with Crippen LogP contribution in [-0.4, -0.2) is 39.4 Å². The quantitative estimate of drug-likeness (QED) is 0.555. The average molecular weight is 473 g/mol. The summed E-state index contributed by atoms with van der Waals surface area (Å²) < 4.78 is 68.2. The molecule has 0 radical (unpaired) electrons. The third kappa shape index (κ3) is 3.60. The van der Waals surface area contributed by atoms with Crippen molar-refractivity contribution in [3.63, 3.8) is 0 Å². The van der Waals surface area contributed by atoms with Gasteiger partial charge >= 0.3 is 6.18 Å². The van der Waals surface area contributed by atoms with Crippen LogP contribution in [0.1, 0.15) is 43.0 Å². The van der Waals surface area contributed by atoms with Gasteiger partial charge in [-0.1, -0.05) is 23.7 Å². The van der Waals surface area contributed by atoms with Crippen LogP contribution in [0.15, 0.2) is 41.6 Å². The van der Waals surface area contributed by atoms with Crippen molar-refractivity contribution >= 4 is 27.3 Å². The molecule has 11 heteroatoms. The van der Waals surface area contributed by atoms with E-state index in [9.17, 15) is 21.6 Å². The predicted octanol–water partition coefficient (Wildman–Crippen LogP) is 4.67. The van der Waals surface area contributed by atoms with E-state index in [0.29, 0.717) is 28.3 Å². The fourth-order valence-electron chi connectivity index (χ4n) is 4.23. The first-order chi connectivity index (χ1) is 14.3. The highest BCUT2D eigenvalue weighted by atomic mass is 35.5. The third-order valence-electron chi connectivity index (χ3n) is 5.90. The molecule has 1 aliphatic heterocycles. The lowest BCUT2D eigenvalue weighted by atomic mass is 9.83. The third-order valence-corrected chi connectivity index (χ3v) is 8.38. The Kier molecular flexibility index (Phi) is 5.10. The molecule has 6 nitrogen and oxygen atoms in total. The fraction of sp³-hybridized carbons (Fsp3) is 0.400. The molecule has 31 heavy (non-hydrogen) atoms. The summed E-state index contributed by atoms with van der Waals surface area (Å²) >= 11 is 6.13. The zero-order valence-electron chi connectivity index (χ0n) is 17.0. The molecule has 3 aromatic rings. The zero-order chi connectivity index (χ0) is 22.8. The summed E-state index contributed by atoms with van der Waals surface area (Å²) in [4.78, 5) is 4.13. The summed E-state index contributed by atoms with van der Waals surface area (Å²) in [6, 6.07) is 4.91. The molecule has 0 N–H and O–H groups in total. The zero-order valence-corrected chi connectivity index (χ0v) is 18.6. The van der Waals surface area contributed by atoms with Crippen molar-refractivity contribution in [1.29, 1.82) is 0 Å². The molecule has 3 heterocycles. The molecule has 2 aromatic heterocycles. The van der Waals surface area contributed by atoms with Gasteiger partial charge < -0.3 is 0 Å². The second kappa shape index (κ2) is 7.18. The summed E-state index contributed by atoms with van der Waals surface area (Å²) in [5.41, 5.74) is -0.0255. The Morgan fingerprint density at radius 2 is 1.84 bits per heavy atom. The van der Waals surface area contributed by atoms with E-state index in [-0.39, 0.29) is 17.4 Å². The van der Waals surface area contributed by atoms with Gasteiger partial charge in [-0.15, -0.1) is 0 Å². The number of fused-ring (bicyclic) bond motifs is 1. The second-order valence-corrected chi connectivity index (χ2v) is 10.4. The van der Waals surface area contributed by atoms with Gasteiger partial charge in [0.15, 0.2) is 5.65 Å². The van der Waals surface area contributed by atoms with Gasteiger partial charge in [-0.05, 0) is 44.9 Å². The molecule has 1 unspecified atom stereocenters. The Morgan fingerprint density at radius 1 is 1.19 bits per heavy atom. The Morgan fingerprint density at radius 3 is 2.45 bits per heavy atom. The van der Waals surface area contributed by atoms with Gasteiger partial charge in [0, 0.05) is 18.0 Å². The van der Waals surface area contributed by atoms with Crippen molar-refractivity contribution in [3.05, 3.63) is 58.5 Å². The van der Waals surface area contributed by atoms with Gasteiger partial charge in [-0.25, -0.2) is 17.9 Å². The Labute approximate surface area is 182 Å². The monoisotopic (exact) mass is 472 g/mol. The molecule has 0 amide bonds. The lowest BCUT2D eigenvalue weighted by Crippen LogP contribution is -2.45. The Bertz CT molecular complexity index is 1250. The van der Waals surface area contributed by atoms with Crippen LogP contribution in [0.3, 0.4) is 0 Å². The van der Waals surface area contributed by atoms with Gasteiger partial charge in [-0.3, -0.25) is 0 Å². The van der Waals surface area contributed by atoms with E-state index in [4.69, 9.17) is 11.6 Å². The number of alkyl halides is 3. The highest BCUT2D eigenvalue weighted by Crippen LogP contribution is 2.45. The maximum atomic E-state index is 13.4. The van der Waals surface area contributed by atoms with Crippen LogP contribution in [0.5, 0.6) is 0 Å². The number of aromatic nitrogens is 3. The summed E-state index contributed by atoms with van der Waals surface area (Å²) in [7, 11) is -3.93. The van der Waals surface area contributed by atoms with Crippen molar-refractivity contribution in [1.82, 2.24) is 18.9 Å². The van der Waals surface area contributed by atoms with E-state index in [1.165, 1.54) is 33.3 Å². The van der Waals surface area contributed by atoms with Crippen molar-refractivity contribution in [3.8, 4) is 0 Å². The van der Waals surface area contributed by atoms with E-state index >= 15 is 0 Å². The molecule has 166 valence electrons. The van der Waals surface area contributed by atoms with E-state index in [1.807, 2.05) is 0 Å². The Balaban J connectivity index is 1.67. The molecule has 1 saturated heterocycles. The minimum Gasteiger partial charge on any atom is -0.234 e. The maximum Gasteiger partial charge on any atom is 0.416 e. The number of benzene rings is 1. The topological polar surface area (TPSA) is 67.6 Å². The minimum absolute atomic E-state index is 0.0275. The van der Waals surface area contributed by atoms with Crippen LogP contribution in [0.2, 0.25) is 5.02 Å². The lowest BCUT2D eigenvalue weighted by Gasteiger charge is -2.35. The highest BCUT2D eigenvalue weighted by molar-refractivity contribution is 7.89. The van der Waals surface area contributed by atoms with Crippen molar-refractivity contribution < 1.29 is 21.6 Å². The van der Waals surface area contributed by atoms with Gasteiger partial charge in [-0.2, -0.15) is 22.6 Å². The second-order valence-electron chi connectivity index (χ2n) is 8.15.